The lowest BCUT2D eigenvalue weighted by Gasteiger charge is -2.32. The van der Waals surface area contributed by atoms with Gasteiger partial charge in [-0.05, 0) is 49.1 Å². The average Bonchev–Trinajstić information content (AvgIpc) is 2.68. The first-order valence-electron chi connectivity index (χ1n) is 9.04. The number of sulfonamides is 1. The molecule has 0 radical (unpaired) electrons. The zero-order valence-corrected chi connectivity index (χ0v) is 15.8. The van der Waals surface area contributed by atoms with Crippen LogP contribution in [0.5, 0.6) is 0 Å². The van der Waals surface area contributed by atoms with Gasteiger partial charge < -0.3 is 4.90 Å². The first kappa shape index (κ1) is 19.5. The zero-order valence-electron chi connectivity index (χ0n) is 15.0. The number of carbonyl (C=O) groups is 1. The van der Waals surface area contributed by atoms with Crippen LogP contribution in [0.25, 0.3) is 0 Å². The van der Waals surface area contributed by atoms with E-state index in [9.17, 15) is 17.6 Å². The fourth-order valence-electron chi connectivity index (χ4n) is 3.19. The molecule has 1 N–H and O–H groups in total. The highest BCUT2D eigenvalue weighted by Crippen LogP contribution is 2.16. The number of benzene rings is 2. The highest BCUT2D eigenvalue weighted by Gasteiger charge is 2.26. The molecule has 0 saturated carbocycles. The molecule has 2 aromatic rings. The van der Waals surface area contributed by atoms with Crippen molar-refractivity contribution in [1.82, 2.24) is 9.62 Å². The SMILES string of the molecule is O=C(CCc1ccc(F)cc1)N1CCC(NS(=O)(=O)c2ccccc2)CC1. The summed E-state index contributed by atoms with van der Waals surface area (Å²) >= 11 is 0. The number of hydrogen-bond acceptors (Lipinski definition) is 3. The van der Waals surface area contributed by atoms with Crippen molar-refractivity contribution in [3.63, 3.8) is 0 Å². The maximum Gasteiger partial charge on any atom is 0.240 e. The third kappa shape index (κ3) is 5.37. The molecule has 144 valence electrons. The van der Waals surface area contributed by atoms with Crippen molar-refractivity contribution in [2.45, 2.75) is 36.6 Å². The topological polar surface area (TPSA) is 66.5 Å². The zero-order chi connectivity index (χ0) is 19.3. The standard InChI is InChI=1S/C20H23FN2O3S/c21-17-9-6-16(7-10-17)8-11-20(24)23-14-12-18(13-15-23)22-27(25,26)19-4-2-1-3-5-19/h1-7,9-10,18,22H,8,11-15H2. The molecule has 0 spiro atoms. The van der Waals surface area contributed by atoms with Crippen molar-refractivity contribution in [3.8, 4) is 0 Å². The predicted molar refractivity (Wildman–Crippen MR) is 101 cm³/mol. The van der Waals surface area contributed by atoms with Gasteiger partial charge in [0.05, 0.1) is 4.90 Å². The number of halogens is 1. The van der Waals surface area contributed by atoms with Crippen molar-refractivity contribution in [2.24, 2.45) is 0 Å². The summed E-state index contributed by atoms with van der Waals surface area (Å²) in [5, 5.41) is 0. The van der Waals surface area contributed by atoms with E-state index in [1.165, 1.54) is 12.1 Å². The first-order valence-corrected chi connectivity index (χ1v) is 10.5. The van der Waals surface area contributed by atoms with Gasteiger partial charge in [0.1, 0.15) is 5.82 Å². The maximum atomic E-state index is 12.9. The molecule has 0 aromatic heterocycles. The van der Waals surface area contributed by atoms with Gasteiger partial charge in [-0.1, -0.05) is 30.3 Å². The smallest absolute Gasteiger partial charge is 0.240 e. The Labute approximate surface area is 159 Å². The lowest BCUT2D eigenvalue weighted by molar-refractivity contribution is -0.132. The minimum Gasteiger partial charge on any atom is -0.343 e. The fourth-order valence-corrected chi connectivity index (χ4v) is 4.52. The number of hydrogen-bond donors (Lipinski definition) is 1. The molecular formula is C20H23FN2O3S. The van der Waals surface area contributed by atoms with Gasteiger partial charge in [0.25, 0.3) is 0 Å². The molecule has 1 fully saturated rings. The number of aryl methyl sites for hydroxylation is 1. The molecule has 7 heteroatoms. The number of piperidine rings is 1. The molecule has 1 heterocycles. The van der Waals surface area contributed by atoms with Crippen LogP contribution in [0.4, 0.5) is 4.39 Å². The second-order valence-electron chi connectivity index (χ2n) is 6.72. The Balaban J connectivity index is 1.47. The van der Waals surface area contributed by atoms with Crippen LogP contribution < -0.4 is 4.72 Å². The minimum atomic E-state index is -3.53. The van der Waals surface area contributed by atoms with E-state index in [0.717, 1.165) is 5.56 Å². The van der Waals surface area contributed by atoms with E-state index >= 15 is 0 Å². The molecule has 0 atom stereocenters. The lowest BCUT2D eigenvalue weighted by Crippen LogP contribution is -2.46. The molecule has 5 nitrogen and oxygen atoms in total. The van der Waals surface area contributed by atoms with Crippen molar-refractivity contribution in [3.05, 3.63) is 66.0 Å². The Hall–Kier alpha value is -2.25. The van der Waals surface area contributed by atoms with Gasteiger partial charge in [-0.2, -0.15) is 0 Å². The molecule has 3 rings (SSSR count). The third-order valence-electron chi connectivity index (χ3n) is 4.76. The number of likely N-dealkylation sites (tertiary alicyclic amines) is 1. The Morgan fingerprint density at radius 1 is 1.04 bits per heavy atom. The van der Waals surface area contributed by atoms with Gasteiger partial charge in [-0.3, -0.25) is 4.79 Å². The first-order chi connectivity index (χ1) is 12.9. The van der Waals surface area contributed by atoms with Crippen LogP contribution in [0.1, 0.15) is 24.8 Å². The Kier molecular flexibility index (Phi) is 6.23. The fraction of sp³-hybridized carbons (Fsp3) is 0.350. The summed E-state index contributed by atoms with van der Waals surface area (Å²) in [7, 11) is -3.53. The number of nitrogens with zero attached hydrogens (tertiary/aromatic N) is 1. The van der Waals surface area contributed by atoms with Crippen molar-refractivity contribution in [1.29, 1.82) is 0 Å². The Bertz CT molecular complexity index is 862. The van der Waals surface area contributed by atoms with Crippen LogP contribution in [0.15, 0.2) is 59.5 Å². The van der Waals surface area contributed by atoms with E-state index in [4.69, 9.17) is 0 Å². The van der Waals surface area contributed by atoms with Gasteiger partial charge in [0.15, 0.2) is 0 Å². The van der Waals surface area contributed by atoms with E-state index in [0.29, 0.717) is 38.8 Å². The van der Waals surface area contributed by atoms with Crippen LogP contribution in [0.3, 0.4) is 0 Å². The monoisotopic (exact) mass is 390 g/mol. The van der Waals surface area contributed by atoms with E-state index in [2.05, 4.69) is 4.72 Å². The lowest BCUT2D eigenvalue weighted by atomic mass is 10.0. The summed E-state index contributed by atoms with van der Waals surface area (Å²) in [5.41, 5.74) is 0.926. The van der Waals surface area contributed by atoms with Crippen LogP contribution in [0, 0.1) is 5.82 Å². The number of carbonyl (C=O) groups excluding carboxylic acids is 1. The van der Waals surface area contributed by atoms with Gasteiger partial charge in [0.2, 0.25) is 15.9 Å². The Morgan fingerprint density at radius 2 is 1.67 bits per heavy atom. The van der Waals surface area contributed by atoms with Gasteiger partial charge in [-0.25, -0.2) is 17.5 Å². The normalized spacial score (nSPS) is 15.7. The van der Waals surface area contributed by atoms with Crippen LogP contribution >= 0.6 is 0 Å². The largest absolute Gasteiger partial charge is 0.343 e. The summed E-state index contributed by atoms with van der Waals surface area (Å²) in [6.45, 7) is 1.06. The molecule has 1 aliphatic heterocycles. The summed E-state index contributed by atoms with van der Waals surface area (Å²) < 4.78 is 40.4. The Morgan fingerprint density at radius 3 is 2.30 bits per heavy atom. The highest BCUT2D eigenvalue weighted by atomic mass is 32.2. The van der Waals surface area contributed by atoms with E-state index in [-0.39, 0.29) is 22.7 Å². The average molecular weight is 390 g/mol. The second kappa shape index (κ2) is 8.63. The van der Waals surface area contributed by atoms with Crippen LogP contribution in [0.2, 0.25) is 0 Å². The predicted octanol–water partition coefficient (Wildman–Crippen LogP) is 2.73. The van der Waals surface area contributed by atoms with E-state index < -0.39 is 10.0 Å². The van der Waals surface area contributed by atoms with Crippen molar-refractivity contribution < 1.29 is 17.6 Å². The van der Waals surface area contributed by atoms with Crippen molar-refractivity contribution in [2.75, 3.05) is 13.1 Å². The summed E-state index contributed by atoms with van der Waals surface area (Å²) in [5.74, 6) is -0.242. The second-order valence-corrected chi connectivity index (χ2v) is 8.43. The highest BCUT2D eigenvalue weighted by molar-refractivity contribution is 7.89. The molecular weight excluding hydrogens is 367 g/mol. The maximum absolute atomic E-state index is 12.9. The van der Waals surface area contributed by atoms with Gasteiger partial charge in [0, 0.05) is 25.6 Å². The molecule has 0 unspecified atom stereocenters. The molecule has 1 saturated heterocycles. The van der Waals surface area contributed by atoms with Crippen LogP contribution in [-0.4, -0.2) is 38.4 Å². The summed E-state index contributed by atoms with van der Waals surface area (Å²) in [6.07, 6.45) is 2.12. The van der Waals surface area contributed by atoms with Gasteiger partial charge >= 0.3 is 0 Å². The summed E-state index contributed by atoms with van der Waals surface area (Å²) in [4.78, 5) is 14.4. The number of nitrogens with one attached hydrogen (secondary N) is 1. The van der Waals surface area contributed by atoms with Crippen molar-refractivity contribution >= 4 is 15.9 Å². The quantitative estimate of drug-likeness (QED) is 0.825. The molecule has 27 heavy (non-hydrogen) atoms. The molecule has 1 amide bonds. The number of rotatable bonds is 6. The summed E-state index contributed by atoms with van der Waals surface area (Å²) in [6, 6.07) is 14.3. The van der Waals surface area contributed by atoms with Crippen LogP contribution in [-0.2, 0) is 21.2 Å². The molecule has 0 bridgehead atoms. The number of amides is 1. The molecule has 2 aromatic carbocycles. The molecule has 1 aliphatic rings. The minimum absolute atomic E-state index is 0.0451. The van der Waals surface area contributed by atoms with Gasteiger partial charge in [-0.15, -0.1) is 0 Å². The van der Waals surface area contributed by atoms with E-state index in [1.54, 1.807) is 47.4 Å². The third-order valence-corrected chi connectivity index (χ3v) is 6.30. The van der Waals surface area contributed by atoms with E-state index in [1.807, 2.05) is 0 Å². The molecule has 0 aliphatic carbocycles.